The van der Waals surface area contributed by atoms with E-state index >= 15 is 0 Å². The van der Waals surface area contributed by atoms with Crippen molar-refractivity contribution in [3.63, 3.8) is 0 Å². The van der Waals surface area contributed by atoms with Crippen LogP contribution in [0, 0.1) is 0 Å². The van der Waals surface area contributed by atoms with Crippen LogP contribution < -0.4 is 5.43 Å². The maximum atomic E-state index is 11.8. The van der Waals surface area contributed by atoms with Gasteiger partial charge in [0, 0.05) is 13.1 Å². The standard InChI is InChI=1S/C11H22N2O2/c1-3-11(15,4-2)10(14)12-13-8-6-5-7-9-13/h15H,3-9H2,1-2H3,(H,12,14). The van der Waals surface area contributed by atoms with Crippen molar-refractivity contribution < 1.29 is 9.90 Å². The molecule has 0 aromatic rings. The molecule has 0 saturated carbocycles. The minimum atomic E-state index is -1.20. The van der Waals surface area contributed by atoms with Crippen LogP contribution in [-0.4, -0.2) is 34.7 Å². The second kappa shape index (κ2) is 5.47. The van der Waals surface area contributed by atoms with Gasteiger partial charge in [-0.1, -0.05) is 20.3 Å². The zero-order valence-corrected chi connectivity index (χ0v) is 9.75. The van der Waals surface area contributed by atoms with Gasteiger partial charge in [0.15, 0.2) is 0 Å². The van der Waals surface area contributed by atoms with Gasteiger partial charge in [0.25, 0.3) is 5.91 Å². The molecule has 1 saturated heterocycles. The number of amides is 1. The van der Waals surface area contributed by atoms with Gasteiger partial charge in [-0.2, -0.15) is 0 Å². The Hall–Kier alpha value is -0.610. The number of hydrogen-bond donors (Lipinski definition) is 2. The largest absolute Gasteiger partial charge is 0.380 e. The number of hydrogen-bond acceptors (Lipinski definition) is 3. The lowest BCUT2D eigenvalue weighted by Crippen LogP contribution is -2.54. The van der Waals surface area contributed by atoms with Crippen molar-refractivity contribution >= 4 is 5.91 Å². The van der Waals surface area contributed by atoms with E-state index in [1.807, 2.05) is 18.9 Å². The molecule has 1 amide bonds. The zero-order valence-electron chi connectivity index (χ0n) is 9.75. The molecule has 0 aromatic heterocycles. The molecule has 88 valence electrons. The van der Waals surface area contributed by atoms with Gasteiger partial charge in [0.1, 0.15) is 5.60 Å². The van der Waals surface area contributed by atoms with Crippen molar-refractivity contribution in [1.82, 2.24) is 10.4 Å². The number of nitrogens with one attached hydrogen (secondary N) is 1. The Morgan fingerprint density at radius 2 is 1.80 bits per heavy atom. The van der Waals surface area contributed by atoms with Gasteiger partial charge in [-0.25, -0.2) is 5.01 Å². The van der Waals surface area contributed by atoms with Crippen LogP contribution in [0.25, 0.3) is 0 Å². The van der Waals surface area contributed by atoms with Gasteiger partial charge in [0.2, 0.25) is 0 Å². The molecule has 0 bridgehead atoms. The molecule has 2 N–H and O–H groups in total. The summed E-state index contributed by atoms with van der Waals surface area (Å²) in [5.41, 5.74) is 1.61. The molecular weight excluding hydrogens is 192 g/mol. The molecule has 4 heteroatoms. The van der Waals surface area contributed by atoms with Crippen LogP contribution in [0.5, 0.6) is 0 Å². The molecule has 1 heterocycles. The normalized spacial score (nSPS) is 18.9. The fourth-order valence-electron chi connectivity index (χ4n) is 1.82. The van der Waals surface area contributed by atoms with E-state index in [1.165, 1.54) is 6.42 Å². The molecule has 1 aliphatic rings. The predicted molar refractivity (Wildman–Crippen MR) is 59.1 cm³/mol. The van der Waals surface area contributed by atoms with E-state index in [1.54, 1.807) is 0 Å². The predicted octanol–water partition coefficient (Wildman–Crippen LogP) is 1.05. The molecule has 0 unspecified atom stereocenters. The van der Waals surface area contributed by atoms with Crippen molar-refractivity contribution in [2.24, 2.45) is 0 Å². The van der Waals surface area contributed by atoms with E-state index in [0.717, 1.165) is 25.9 Å². The van der Waals surface area contributed by atoms with Gasteiger partial charge in [-0.3, -0.25) is 10.2 Å². The third-order valence-electron chi connectivity index (χ3n) is 3.21. The summed E-state index contributed by atoms with van der Waals surface area (Å²) in [5, 5.41) is 11.9. The Morgan fingerprint density at radius 3 is 2.27 bits per heavy atom. The third kappa shape index (κ3) is 3.18. The highest BCUT2D eigenvalue weighted by molar-refractivity contribution is 5.84. The van der Waals surface area contributed by atoms with Crippen LogP contribution in [0.2, 0.25) is 0 Å². The highest BCUT2D eigenvalue weighted by atomic mass is 16.3. The molecule has 1 rings (SSSR count). The SMILES string of the molecule is CCC(O)(CC)C(=O)NN1CCCCC1. The van der Waals surface area contributed by atoms with Gasteiger partial charge in [-0.05, 0) is 25.7 Å². The van der Waals surface area contributed by atoms with E-state index in [9.17, 15) is 9.90 Å². The molecule has 0 atom stereocenters. The molecule has 15 heavy (non-hydrogen) atoms. The maximum Gasteiger partial charge on any atom is 0.266 e. The smallest absolute Gasteiger partial charge is 0.266 e. The van der Waals surface area contributed by atoms with Crippen LogP contribution >= 0.6 is 0 Å². The molecule has 4 nitrogen and oxygen atoms in total. The molecule has 1 aliphatic heterocycles. The lowest BCUT2D eigenvalue weighted by Gasteiger charge is -2.31. The molecular formula is C11H22N2O2. The summed E-state index contributed by atoms with van der Waals surface area (Å²) in [6.07, 6.45) is 4.40. The number of aliphatic hydroxyl groups is 1. The Labute approximate surface area is 91.6 Å². The summed E-state index contributed by atoms with van der Waals surface area (Å²) in [5.74, 6) is -0.255. The summed E-state index contributed by atoms with van der Waals surface area (Å²) in [6.45, 7) is 5.46. The number of piperidine rings is 1. The molecule has 0 aromatic carbocycles. The first-order valence-electron chi connectivity index (χ1n) is 5.91. The van der Waals surface area contributed by atoms with Crippen LogP contribution in [0.3, 0.4) is 0 Å². The molecule has 1 fully saturated rings. The summed E-state index contributed by atoms with van der Waals surface area (Å²) in [7, 11) is 0. The lowest BCUT2D eigenvalue weighted by molar-refractivity contribution is -0.146. The van der Waals surface area contributed by atoms with Crippen molar-refractivity contribution in [3.8, 4) is 0 Å². The zero-order chi connectivity index (χ0) is 11.3. The minimum Gasteiger partial charge on any atom is -0.380 e. The van der Waals surface area contributed by atoms with E-state index in [0.29, 0.717) is 12.8 Å². The molecule has 0 aliphatic carbocycles. The second-order valence-corrected chi connectivity index (χ2v) is 4.23. The summed E-state index contributed by atoms with van der Waals surface area (Å²) in [4.78, 5) is 11.8. The van der Waals surface area contributed by atoms with Gasteiger partial charge in [0.05, 0.1) is 0 Å². The Balaban J connectivity index is 2.45. The average molecular weight is 214 g/mol. The van der Waals surface area contributed by atoms with Crippen LogP contribution in [-0.2, 0) is 4.79 Å². The average Bonchev–Trinajstić information content (AvgIpc) is 2.29. The van der Waals surface area contributed by atoms with E-state index in [4.69, 9.17) is 0 Å². The highest BCUT2D eigenvalue weighted by Crippen LogP contribution is 2.15. The molecule has 0 radical (unpaired) electrons. The number of hydrazine groups is 1. The lowest BCUT2D eigenvalue weighted by atomic mass is 9.97. The van der Waals surface area contributed by atoms with Crippen molar-refractivity contribution in [2.75, 3.05) is 13.1 Å². The second-order valence-electron chi connectivity index (χ2n) is 4.23. The fourth-order valence-corrected chi connectivity index (χ4v) is 1.82. The molecule has 0 spiro atoms. The van der Waals surface area contributed by atoms with Crippen molar-refractivity contribution in [2.45, 2.75) is 51.6 Å². The summed E-state index contributed by atoms with van der Waals surface area (Å²) >= 11 is 0. The first-order valence-corrected chi connectivity index (χ1v) is 5.91. The van der Waals surface area contributed by atoms with E-state index in [2.05, 4.69) is 5.43 Å². The van der Waals surface area contributed by atoms with Gasteiger partial charge in [-0.15, -0.1) is 0 Å². The number of carbonyl (C=O) groups is 1. The van der Waals surface area contributed by atoms with Crippen LogP contribution in [0.15, 0.2) is 0 Å². The number of carbonyl (C=O) groups excluding carboxylic acids is 1. The van der Waals surface area contributed by atoms with Gasteiger partial charge < -0.3 is 5.11 Å². The first kappa shape index (κ1) is 12.5. The van der Waals surface area contributed by atoms with Crippen molar-refractivity contribution in [3.05, 3.63) is 0 Å². The van der Waals surface area contributed by atoms with Crippen LogP contribution in [0.1, 0.15) is 46.0 Å². The first-order chi connectivity index (χ1) is 7.12. The summed E-state index contributed by atoms with van der Waals surface area (Å²) in [6, 6.07) is 0. The van der Waals surface area contributed by atoms with Crippen molar-refractivity contribution in [1.29, 1.82) is 0 Å². The third-order valence-corrected chi connectivity index (χ3v) is 3.21. The van der Waals surface area contributed by atoms with Crippen LogP contribution in [0.4, 0.5) is 0 Å². The minimum absolute atomic E-state index is 0.255. The topological polar surface area (TPSA) is 52.6 Å². The Bertz CT molecular complexity index is 209. The van der Waals surface area contributed by atoms with E-state index in [-0.39, 0.29) is 5.91 Å². The summed E-state index contributed by atoms with van der Waals surface area (Å²) < 4.78 is 0. The quantitative estimate of drug-likeness (QED) is 0.735. The van der Waals surface area contributed by atoms with E-state index < -0.39 is 5.60 Å². The number of rotatable bonds is 4. The maximum absolute atomic E-state index is 11.8. The number of nitrogens with zero attached hydrogens (tertiary/aromatic N) is 1. The Morgan fingerprint density at radius 1 is 1.27 bits per heavy atom. The highest BCUT2D eigenvalue weighted by Gasteiger charge is 2.32. The monoisotopic (exact) mass is 214 g/mol. The Kier molecular flexibility index (Phi) is 4.54. The van der Waals surface area contributed by atoms with Gasteiger partial charge >= 0.3 is 0 Å². The fraction of sp³-hybridized carbons (Fsp3) is 0.909.